The number of rotatable bonds is 10. The Morgan fingerprint density at radius 3 is 2.51 bits per heavy atom. The molecule has 3 aromatic rings. The molecule has 1 aromatic heterocycles. The van der Waals surface area contributed by atoms with Crippen molar-refractivity contribution in [1.82, 2.24) is 15.3 Å². The third-order valence-corrected chi connectivity index (χ3v) is 9.78. The highest BCUT2D eigenvalue weighted by molar-refractivity contribution is 5.92. The van der Waals surface area contributed by atoms with Gasteiger partial charge in [-0.25, -0.2) is 0 Å². The Morgan fingerprint density at radius 2 is 1.84 bits per heavy atom. The van der Waals surface area contributed by atoms with E-state index in [1.165, 1.54) is 25.7 Å². The molecule has 2 bridgehead atoms. The van der Waals surface area contributed by atoms with Crippen LogP contribution in [0.25, 0.3) is 10.8 Å². The van der Waals surface area contributed by atoms with Crippen LogP contribution in [0.5, 0.6) is 11.8 Å². The van der Waals surface area contributed by atoms with E-state index in [9.17, 15) is 5.11 Å². The summed E-state index contributed by atoms with van der Waals surface area (Å²) in [4.78, 5) is 12.3. The summed E-state index contributed by atoms with van der Waals surface area (Å²) < 4.78 is 17.9. The maximum Gasteiger partial charge on any atom is 0.318 e. The van der Waals surface area contributed by atoms with Gasteiger partial charge < -0.3 is 29.5 Å². The lowest BCUT2D eigenvalue weighted by molar-refractivity contribution is 0.0263. The first-order chi connectivity index (χ1) is 22.0. The van der Waals surface area contributed by atoms with Gasteiger partial charge in [0.2, 0.25) is 0 Å². The molecule has 2 aromatic carbocycles. The Morgan fingerprint density at radius 1 is 1.09 bits per heavy atom. The molecule has 0 amide bonds. The highest BCUT2D eigenvalue weighted by atomic mass is 16.5. The largest absolute Gasteiger partial charge is 0.508 e. The van der Waals surface area contributed by atoms with Crippen LogP contribution in [0.2, 0.25) is 0 Å². The number of nitrogens with one attached hydrogen (secondary N) is 1. The molecule has 45 heavy (non-hydrogen) atoms. The Bertz CT molecular complexity index is 1520. The van der Waals surface area contributed by atoms with Gasteiger partial charge in [-0.3, -0.25) is 0 Å². The molecule has 2 N–H and O–H groups in total. The molecule has 4 heterocycles. The fourth-order valence-corrected chi connectivity index (χ4v) is 6.93. The van der Waals surface area contributed by atoms with Crippen molar-refractivity contribution in [2.75, 3.05) is 37.8 Å². The standard InChI is InChI=1S/C31H34N4O3.C6H14O/c1-3-19-6-5-7-20-12-23(36)13-24(28(19)20)27-14-26-25(17-37-27)29(35-15-21-8-9-22(16-35)32-21)34-30(33-26)38-18-31(4-2)10-11-31;1-3-5-7-6-4-2/h1,5-7,12-13,21-22,27,32,36H,4,8-11,14-18H2,2H3;3-6H2,1-2H3. The molecule has 1 saturated carbocycles. The van der Waals surface area contributed by atoms with Crippen molar-refractivity contribution in [3.63, 3.8) is 0 Å². The zero-order chi connectivity index (χ0) is 31.4. The van der Waals surface area contributed by atoms with Gasteiger partial charge in [-0.1, -0.05) is 38.8 Å². The van der Waals surface area contributed by atoms with E-state index < -0.39 is 0 Å². The van der Waals surface area contributed by atoms with Crippen molar-refractivity contribution in [3.8, 4) is 24.1 Å². The number of piperazine rings is 1. The smallest absolute Gasteiger partial charge is 0.318 e. The van der Waals surface area contributed by atoms with Gasteiger partial charge in [0.1, 0.15) is 11.6 Å². The maximum atomic E-state index is 10.5. The molecule has 8 heteroatoms. The average molecular weight is 613 g/mol. The van der Waals surface area contributed by atoms with Gasteiger partial charge in [0.25, 0.3) is 0 Å². The third kappa shape index (κ3) is 7.06. The van der Waals surface area contributed by atoms with Gasteiger partial charge in [0.15, 0.2) is 0 Å². The predicted octanol–water partition coefficient (Wildman–Crippen LogP) is 6.46. The summed E-state index contributed by atoms with van der Waals surface area (Å²) in [6.07, 6.45) is 14.4. The zero-order valence-electron chi connectivity index (χ0n) is 27.1. The van der Waals surface area contributed by atoms with E-state index >= 15 is 0 Å². The number of nitrogens with zero attached hydrogens (tertiary/aromatic N) is 3. The second kappa shape index (κ2) is 13.9. The normalized spacial score (nSPS) is 22.7. The first-order valence-corrected chi connectivity index (χ1v) is 16.9. The molecule has 3 aliphatic heterocycles. The van der Waals surface area contributed by atoms with Gasteiger partial charge in [0, 0.05) is 66.7 Å². The molecular weight excluding hydrogens is 564 g/mol. The van der Waals surface area contributed by atoms with Gasteiger partial charge in [-0.05, 0) is 74.1 Å². The molecular formula is C37H48N4O4. The summed E-state index contributed by atoms with van der Waals surface area (Å²) in [6.45, 7) is 11.3. The maximum absolute atomic E-state index is 10.5. The van der Waals surface area contributed by atoms with Gasteiger partial charge in [0.05, 0.1) is 25.0 Å². The Kier molecular flexibility index (Phi) is 9.79. The Labute approximate surface area is 267 Å². The number of aromatic nitrogens is 2. The van der Waals surface area contributed by atoms with Crippen LogP contribution in [0.1, 0.15) is 94.2 Å². The molecule has 3 atom stereocenters. The highest BCUT2D eigenvalue weighted by Crippen LogP contribution is 2.49. The summed E-state index contributed by atoms with van der Waals surface area (Å²) in [5.74, 6) is 3.97. The number of phenols is 1. The minimum Gasteiger partial charge on any atom is -0.508 e. The summed E-state index contributed by atoms with van der Waals surface area (Å²) >= 11 is 0. The SMILES string of the molecule is C#Cc1cccc2cc(O)cc(C3Cc4nc(OCC5(CC)CC5)nc(N5CC6CCC(C5)N6)c4CO3)c12.CCCOCCC. The van der Waals surface area contributed by atoms with E-state index in [1.807, 2.05) is 18.2 Å². The monoisotopic (exact) mass is 612 g/mol. The zero-order valence-corrected chi connectivity index (χ0v) is 27.1. The molecule has 4 aliphatic rings. The van der Waals surface area contributed by atoms with E-state index in [2.05, 4.69) is 36.9 Å². The van der Waals surface area contributed by atoms with Crippen LogP contribution in [0.15, 0.2) is 30.3 Å². The number of anilines is 1. The van der Waals surface area contributed by atoms with Crippen molar-refractivity contribution in [2.45, 2.75) is 96.9 Å². The van der Waals surface area contributed by atoms with E-state index in [4.69, 9.17) is 30.6 Å². The quantitative estimate of drug-likeness (QED) is 0.199. The molecule has 0 spiro atoms. The summed E-state index contributed by atoms with van der Waals surface area (Å²) in [6, 6.07) is 10.8. The lowest BCUT2D eigenvalue weighted by Gasteiger charge is -2.36. The van der Waals surface area contributed by atoms with Gasteiger partial charge in [-0.2, -0.15) is 9.97 Å². The van der Waals surface area contributed by atoms with Crippen LogP contribution in [-0.4, -0.2) is 60.1 Å². The van der Waals surface area contributed by atoms with Crippen LogP contribution in [-0.2, 0) is 22.5 Å². The fourth-order valence-electron chi connectivity index (χ4n) is 6.93. The highest BCUT2D eigenvalue weighted by Gasteiger charge is 2.42. The lowest BCUT2D eigenvalue weighted by Crippen LogP contribution is -2.51. The molecule has 7 rings (SSSR count). The number of terminal acetylenes is 1. The van der Waals surface area contributed by atoms with Crippen LogP contribution >= 0.6 is 0 Å². The van der Waals surface area contributed by atoms with E-state index in [0.29, 0.717) is 37.7 Å². The Balaban J connectivity index is 0.000000460. The first-order valence-electron chi connectivity index (χ1n) is 16.9. The fraction of sp³-hybridized carbons (Fsp3) is 0.568. The second-order valence-electron chi connectivity index (χ2n) is 13.1. The second-order valence-corrected chi connectivity index (χ2v) is 13.1. The number of fused-ring (bicyclic) bond motifs is 4. The predicted molar refractivity (Wildman–Crippen MR) is 178 cm³/mol. The van der Waals surface area contributed by atoms with E-state index in [1.54, 1.807) is 12.1 Å². The first kappa shape index (κ1) is 31.6. The van der Waals surface area contributed by atoms with Crippen molar-refractivity contribution >= 4 is 16.6 Å². The number of aromatic hydroxyl groups is 1. The lowest BCUT2D eigenvalue weighted by atomic mass is 9.92. The van der Waals surface area contributed by atoms with Crippen LogP contribution in [0.4, 0.5) is 5.82 Å². The molecule has 2 saturated heterocycles. The molecule has 240 valence electrons. The van der Waals surface area contributed by atoms with Crippen LogP contribution < -0.4 is 15.0 Å². The van der Waals surface area contributed by atoms with E-state index in [0.717, 1.165) is 84.5 Å². The average Bonchev–Trinajstić information content (AvgIpc) is 3.78. The van der Waals surface area contributed by atoms with E-state index in [-0.39, 0.29) is 17.3 Å². The van der Waals surface area contributed by atoms with Gasteiger partial charge >= 0.3 is 6.01 Å². The minimum absolute atomic E-state index is 0.203. The molecule has 1 aliphatic carbocycles. The molecule has 3 unspecified atom stereocenters. The minimum atomic E-state index is -0.285. The number of hydrogen-bond donors (Lipinski definition) is 2. The molecule has 3 fully saturated rings. The molecule has 0 radical (unpaired) electrons. The summed E-state index contributed by atoms with van der Waals surface area (Å²) in [5.41, 5.74) is 3.98. The summed E-state index contributed by atoms with van der Waals surface area (Å²) in [7, 11) is 0. The molecule has 8 nitrogen and oxygen atoms in total. The number of hydrogen-bond acceptors (Lipinski definition) is 8. The van der Waals surface area contributed by atoms with Crippen molar-refractivity contribution in [1.29, 1.82) is 0 Å². The van der Waals surface area contributed by atoms with Crippen LogP contribution in [0.3, 0.4) is 0 Å². The van der Waals surface area contributed by atoms with Crippen molar-refractivity contribution < 1.29 is 19.3 Å². The van der Waals surface area contributed by atoms with Gasteiger partial charge in [-0.15, -0.1) is 6.42 Å². The third-order valence-electron chi connectivity index (χ3n) is 9.78. The van der Waals surface area contributed by atoms with Crippen LogP contribution in [0, 0.1) is 17.8 Å². The summed E-state index contributed by atoms with van der Waals surface area (Å²) in [5, 5.41) is 16.1. The number of phenolic OH excluding ortho intramolecular Hbond substituents is 1. The van der Waals surface area contributed by atoms with Crippen molar-refractivity contribution in [3.05, 3.63) is 52.7 Å². The Hall–Kier alpha value is -3.38. The number of benzene rings is 2. The van der Waals surface area contributed by atoms with Crippen molar-refractivity contribution in [2.24, 2.45) is 5.41 Å². The number of ether oxygens (including phenoxy) is 3. The topological polar surface area (TPSA) is 89.0 Å².